The largest absolute Gasteiger partial charge is 0.298 e. The zero-order valence-corrected chi connectivity index (χ0v) is 7.53. The third kappa shape index (κ3) is 2.19. The zero-order valence-electron chi connectivity index (χ0n) is 7.53. The number of hydrogen-bond acceptors (Lipinski definition) is 1. The van der Waals surface area contributed by atoms with Crippen LogP contribution in [0.4, 0.5) is 0 Å². The monoisotopic (exact) mass is 162 g/mol. The number of hydrogen-bond donors (Lipinski definition) is 0. The number of Topliss-reactive ketones (excluding diaryl/α,β-unsaturated/α-hetero) is 1. The van der Waals surface area contributed by atoms with Gasteiger partial charge in [0.2, 0.25) is 0 Å². The van der Waals surface area contributed by atoms with Crippen LogP contribution in [0.3, 0.4) is 0 Å². The average Bonchev–Trinajstić information content (AvgIpc) is 2.30. The summed E-state index contributed by atoms with van der Waals surface area (Å²) in [4.78, 5) is 11.5. The molecule has 0 aromatic heterocycles. The van der Waals surface area contributed by atoms with Crippen molar-refractivity contribution >= 4 is 5.78 Å². The smallest absolute Gasteiger partial charge is 0.146 e. The second-order valence-electron chi connectivity index (χ2n) is 3.24. The molecular weight excluding hydrogens is 148 g/mol. The second kappa shape index (κ2) is 4.05. The van der Waals surface area contributed by atoms with Gasteiger partial charge in [-0.2, -0.15) is 0 Å². The summed E-state index contributed by atoms with van der Waals surface area (Å²) in [7, 11) is 0. The van der Waals surface area contributed by atoms with Crippen molar-refractivity contribution < 1.29 is 4.79 Å². The van der Waals surface area contributed by atoms with Crippen LogP contribution in [-0.4, -0.2) is 5.78 Å². The van der Waals surface area contributed by atoms with Crippen molar-refractivity contribution in [3.63, 3.8) is 0 Å². The molecule has 1 nitrogen and oxygen atoms in total. The Morgan fingerprint density at radius 1 is 1.08 bits per heavy atom. The van der Waals surface area contributed by atoms with Gasteiger partial charge in [-0.15, -0.1) is 0 Å². The lowest BCUT2D eigenvalue weighted by Gasteiger charge is -2.08. The molecule has 0 N–H and O–H groups in total. The fourth-order valence-corrected chi connectivity index (χ4v) is 1.13. The molecule has 0 aliphatic heterocycles. The Morgan fingerprint density at radius 3 is 2.00 bits per heavy atom. The molecule has 0 bridgehead atoms. The minimum atomic E-state index is -0.0278. The van der Waals surface area contributed by atoms with Gasteiger partial charge >= 0.3 is 0 Å². The Hall–Kier alpha value is -1.11. The van der Waals surface area contributed by atoms with Crippen molar-refractivity contribution in [2.45, 2.75) is 13.8 Å². The lowest BCUT2D eigenvalue weighted by Crippen LogP contribution is -2.15. The third-order valence-electron chi connectivity index (χ3n) is 1.87. The van der Waals surface area contributed by atoms with Crippen LogP contribution in [0.2, 0.25) is 0 Å². The third-order valence-corrected chi connectivity index (χ3v) is 1.87. The van der Waals surface area contributed by atoms with Crippen molar-refractivity contribution in [2.75, 3.05) is 0 Å². The predicted molar refractivity (Wildman–Crippen MR) is 50.8 cm³/mol. The summed E-state index contributed by atoms with van der Waals surface area (Å²) < 4.78 is 0. The molecule has 1 aliphatic rings. The number of ketones is 1. The Balaban J connectivity index is 2.70. The first-order valence-electron chi connectivity index (χ1n) is 4.27. The fourth-order valence-electron chi connectivity index (χ4n) is 1.13. The first kappa shape index (κ1) is 8.98. The van der Waals surface area contributed by atoms with E-state index in [1.807, 2.05) is 50.3 Å². The van der Waals surface area contributed by atoms with Gasteiger partial charge in [0.1, 0.15) is 5.78 Å². The molecule has 0 unspecified atom stereocenters. The first-order valence-corrected chi connectivity index (χ1v) is 4.27. The van der Waals surface area contributed by atoms with E-state index in [4.69, 9.17) is 0 Å². The maximum Gasteiger partial charge on any atom is 0.146 e. The summed E-state index contributed by atoms with van der Waals surface area (Å²) in [6.45, 7) is 3.87. The van der Waals surface area contributed by atoms with Gasteiger partial charge < -0.3 is 0 Å². The normalized spacial score (nSPS) is 16.9. The molecule has 12 heavy (non-hydrogen) atoms. The molecule has 0 radical (unpaired) electrons. The van der Waals surface area contributed by atoms with Crippen molar-refractivity contribution in [1.29, 1.82) is 0 Å². The van der Waals surface area contributed by atoms with Gasteiger partial charge in [0, 0.05) is 5.92 Å². The van der Waals surface area contributed by atoms with E-state index in [0.717, 1.165) is 0 Å². The van der Waals surface area contributed by atoms with E-state index in [1.165, 1.54) is 0 Å². The van der Waals surface area contributed by atoms with E-state index in [9.17, 15) is 4.79 Å². The van der Waals surface area contributed by atoms with Crippen molar-refractivity contribution in [3.05, 3.63) is 36.5 Å². The lowest BCUT2D eigenvalue weighted by atomic mass is 9.95. The first-order chi connectivity index (χ1) is 5.72. The molecule has 0 spiro atoms. The molecule has 0 saturated carbocycles. The van der Waals surface area contributed by atoms with Gasteiger partial charge in [0.05, 0.1) is 5.92 Å². The molecule has 0 aromatic carbocycles. The van der Waals surface area contributed by atoms with Gasteiger partial charge in [-0.1, -0.05) is 50.3 Å². The van der Waals surface area contributed by atoms with Crippen LogP contribution in [0.25, 0.3) is 0 Å². The minimum Gasteiger partial charge on any atom is -0.298 e. The van der Waals surface area contributed by atoms with Gasteiger partial charge in [-0.3, -0.25) is 4.79 Å². The number of rotatable bonds is 2. The molecule has 0 fully saturated rings. The maximum absolute atomic E-state index is 11.5. The number of carbonyl (C=O) groups is 1. The highest BCUT2D eigenvalue weighted by molar-refractivity contribution is 5.86. The molecule has 0 amide bonds. The van der Waals surface area contributed by atoms with Gasteiger partial charge in [0.25, 0.3) is 0 Å². The van der Waals surface area contributed by atoms with Crippen LogP contribution in [0.1, 0.15) is 13.8 Å². The Morgan fingerprint density at radius 2 is 1.58 bits per heavy atom. The summed E-state index contributed by atoms with van der Waals surface area (Å²) >= 11 is 0. The van der Waals surface area contributed by atoms with E-state index >= 15 is 0 Å². The van der Waals surface area contributed by atoms with Gasteiger partial charge in [-0.05, 0) is 0 Å². The number of allylic oxidation sites excluding steroid dienone is 6. The summed E-state index contributed by atoms with van der Waals surface area (Å²) in [5, 5.41) is 0. The number of carbonyl (C=O) groups excluding carboxylic acids is 1. The van der Waals surface area contributed by atoms with Crippen LogP contribution in [0, 0.1) is 11.8 Å². The zero-order chi connectivity index (χ0) is 8.97. The quantitative estimate of drug-likeness (QED) is 0.609. The minimum absolute atomic E-state index is 0.0278. The van der Waals surface area contributed by atoms with Crippen molar-refractivity contribution in [1.82, 2.24) is 0 Å². The van der Waals surface area contributed by atoms with Gasteiger partial charge in [-0.25, -0.2) is 0 Å². The van der Waals surface area contributed by atoms with Crippen molar-refractivity contribution in [3.8, 4) is 0 Å². The Bertz CT molecular complexity index is 228. The van der Waals surface area contributed by atoms with E-state index in [-0.39, 0.29) is 17.6 Å². The van der Waals surface area contributed by atoms with E-state index in [2.05, 4.69) is 0 Å². The molecule has 0 saturated heterocycles. The van der Waals surface area contributed by atoms with Crippen molar-refractivity contribution in [2.24, 2.45) is 11.8 Å². The fraction of sp³-hybridized carbons (Fsp3) is 0.364. The molecular formula is C11H14O. The molecule has 1 heteroatoms. The summed E-state index contributed by atoms with van der Waals surface area (Å²) in [6.07, 6.45) is 11.6. The molecule has 0 heterocycles. The Kier molecular flexibility index (Phi) is 3.03. The summed E-state index contributed by atoms with van der Waals surface area (Å²) in [6, 6.07) is 0. The van der Waals surface area contributed by atoms with E-state index in [1.54, 1.807) is 0 Å². The Labute approximate surface area is 73.5 Å². The molecule has 1 aliphatic carbocycles. The second-order valence-corrected chi connectivity index (χ2v) is 3.24. The standard InChI is InChI=1S/C11H14O/c1-9(2)11(12)10-7-5-3-4-6-8-10/h3-10H,1-2H3. The molecule has 1 rings (SSSR count). The van der Waals surface area contributed by atoms with Crippen LogP contribution < -0.4 is 0 Å². The highest BCUT2D eigenvalue weighted by atomic mass is 16.1. The van der Waals surface area contributed by atoms with Crippen LogP contribution in [0.5, 0.6) is 0 Å². The molecule has 64 valence electrons. The topological polar surface area (TPSA) is 17.1 Å². The maximum atomic E-state index is 11.5. The SMILES string of the molecule is CC(C)C(=O)C1C=CC=CC=C1. The summed E-state index contributed by atoms with van der Waals surface area (Å²) in [5.41, 5.74) is 0. The van der Waals surface area contributed by atoms with E-state index < -0.39 is 0 Å². The summed E-state index contributed by atoms with van der Waals surface area (Å²) in [5.74, 6) is 0.369. The lowest BCUT2D eigenvalue weighted by molar-refractivity contribution is -0.123. The van der Waals surface area contributed by atoms with Crippen LogP contribution in [0.15, 0.2) is 36.5 Å². The van der Waals surface area contributed by atoms with Gasteiger partial charge in [0.15, 0.2) is 0 Å². The molecule has 0 atom stereocenters. The van der Waals surface area contributed by atoms with Crippen LogP contribution in [-0.2, 0) is 4.79 Å². The van der Waals surface area contributed by atoms with E-state index in [0.29, 0.717) is 0 Å². The average molecular weight is 162 g/mol. The molecule has 0 aromatic rings. The highest BCUT2D eigenvalue weighted by Gasteiger charge is 2.15. The van der Waals surface area contributed by atoms with Crippen LogP contribution >= 0.6 is 0 Å². The highest BCUT2D eigenvalue weighted by Crippen LogP contribution is 2.12. The predicted octanol–water partition coefficient (Wildman–Crippen LogP) is 2.51.